The number of hydrogen-bond acceptors (Lipinski definition) is 3. The van der Waals surface area contributed by atoms with Crippen molar-refractivity contribution in [1.82, 2.24) is 0 Å². The average Bonchev–Trinajstić information content (AvgIpc) is 2.78. The molecule has 0 spiro atoms. The Bertz CT molecular complexity index is 979. The summed E-state index contributed by atoms with van der Waals surface area (Å²) in [4.78, 5) is 16.5. The Hall–Kier alpha value is -3.05. The Labute approximate surface area is 171 Å². The van der Waals surface area contributed by atoms with Crippen LogP contribution in [0.5, 0.6) is 5.75 Å². The third kappa shape index (κ3) is 4.35. The summed E-state index contributed by atoms with van der Waals surface area (Å²) in [5, 5.41) is 5.42. The average molecular weight is 391 g/mol. The van der Waals surface area contributed by atoms with Crippen molar-refractivity contribution < 1.29 is 14.4 Å². The van der Waals surface area contributed by atoms with Crippen LogP contribution in [0.3, 0.4) is 0 Å². The first-order chi connectivity index (χ1) is 14.1. The molecular formula is C24H28N3O2+. The molecule has 29 heavy (non-hydrogen) atoms. The van der Waals surface area contributed by atoms with Crippen LogP contribution in [0.25, 0.3) is 10.8 Å². The van der Waals surface area contributed by atoms with Crippen molar-refractivity contribution >= 4 is 28.1 Å². The highest BCUT2D eigenvalue weighted by Crippen LogP contribution is 2.20. The number of amides is 1. The van der Waals surface area contributed by atoms with Crippen LogP contribution in [0.4, 0.5) is 11.4 Å². The van der Waals surface area contributed by atoms with Gasteiger partial charge in [-0.2, -0.15) is 0 Å². The first-order valence-corrected chi connectivity index (χ1v) is 10.2. The molecule has 1 fully saturated rings. The van der Waals surface area contributed by atoms with Crippen molar-refractivity contribution in [3.63, 3.8) is 0 Å². The van der Waals surface area contributed by atoms with E-state index in [0.717, 1.165) is 43.0 Å². The molecule has 2 N–H and O–H groups in total. The molecule has 5 heteroatoms. The van der Waals surface area contributed by atoms with Gasteiger partial charge in [-0.3, -0.25) is 4.79 Å². The molecule has 1 atom stereocenters. The van der Waals surface area contributed by atoms with Gasteiger partial charge in [-0.25, -0.2) is 0 Å². The second-order valence-corrected chi connectivity index (χ2v) is 7.62. The van der Waals surface area contributed by atoms with E-state index in [-0.39, 0.29) is 11.9 Å². The van der Waals surface area contributed by atoms with Crippen molar-refractivity contribution in [3.05, 3.63) is 66.7 Å². The molecule has 150 valence electrons. The number of anilines is 2. The number of nitrogens with zero attached hydrogens (tertiary/aromatic N) is 1. The van der Waals surface area contributed by atoms with Crippen LogP contribution in [0.2, 0.25) is 0 Å². The van der Waals surface area contributed by atoms with Crippen LogP contribution < -0.4 is 19.9 Å². The van der Waals surface area contributed by atoms with Gasteiger partial charge in [-0.05, 0) is 54.1 Å². The predicted octanol–water partition coefficient (Wildman–Crippen LogP) is 2.58. The SMILES string of the molecule is COc1ccc(N2CC[NH+]([C@H](C)C(=O)Nc3ccc4ccccc4c3)CC2)cc1. The van der Waals surface area contributed by atoms with Gasteiger partial charge < -0.3 is 19.9 Å². The summed E-state index contributed by atoms with van der Waals surface area (Å²) < 4.78 is 5.24. The minimum Gasteiger partial charge on any atom is -0.497 e. The van der Waals surface area contributed by atoms with Crippen molar-refractivity contribution in [2.24, 2.45) is 0 Å². The maximum Gasteiger partial charge on any atom is 0.282 e. The lowest BCUT2D eigenvalue weighted by atomic mass is 10.1. The largest absolute Gasteiger partial charge is 0.497 e. The van der Waals surface area contributed by atoms with Crippen molar-refractivity contribution in [2.45, 2.75) is 13.0 Å². The van der Waals surface area contributed by atoms with Gasteiger partial charge in [0.05, 0.1) is 33.3 Å². The number of fused-ring (bicyclic) bond motifs is 1. The maximum absolute atomic E-state index is 12.8. The molecule has 4 rings (SSSR count). The maximum atomic E-state index is 12.8. The number of carbonyl (C=O) groups excluding carboxylic acids is 1. The molecule has 3 aromatic carbocycles. The van der Waals surface area contributed by atoms with Gasteiger partial charge >= 0.3 is 0 Å². The monoisotopic (exact) mass is 390 g/mol. The van der Waals surface area contributed by atoms with Crippen molar-refractivity contribution in [2.75, 3.05) is 43.5 Å². The second-order valence-electron chi connectivity index (χ2n) is 7.62. The number of quaternary nitrogens is 1. The van der Waals surface area contributed by atoms with Gasteiger partial charge in [-0.1, -0.05) is 30.3 Å². The lowest BCUT2D eigenvalue weighted by molar-refractivity contribution is -0.914. The summed E-state index contributed by atoms with van der Waals surface area (Å²) in [7, 11) is 1.68. The van der Waals surface area contributed by atoms with Gasteiger partial charge in [0.1, 0.15) is 5.75 Å². The molecular weight excluding hydrogens is 362 g/mol. The minimum absolute atomic E-state index is 0.0770. The fraction of sp³-hybridized carbons (Fsp3) is 0.292. The minimum atomic E-state index is -0.0838. The molecule has 1 aliphatic heterocycles. The van der Waals surface area contributed by atoms with Gasteiger partial charge in [0.25, 0.3) is 5.91 Å². The summed E-state index contributed by atoms with van der Waals surface area (Å²) in [6.07, 6.45) is 0. The zero-order valence-electron chi connectivity index (χ0n) is 17.0. The van der Waals surface area contributed by atoms with Gasteiger partial charge in [0.2, 0.25) is 0 Å². The van der Waals surface area contributed by atoms with E-state index in [4.69, 9.17) is 4.74 Å². The third-order valence-electron chi connectivity index (χ3n) is 5.87. The Kier molecular flexibility index (Phi) is 5.67. The molecule has 1 aliphatic rings. The molecule has 3 aromatic rings. The Balaban J connectivity index is 1.34. The van der Waals surface area contributed by atoms with Crippen LogP contribution >= 0.6 is 0 Å². The van der Waals surface area contributed by atoms with Crippen LogP contribution in [0.15, 0.2) is 66.7 Å². The van der Waals surface area contributed by atoms with Gasteiger partial charge in [0, 0.05) is 11.4 Å². The number of benzene rings is 3. The summed E-state index contributed by atoms with van der Waals surface area (Å²) in [6.45, 7) is 5.79. The zero-order chi connectivity index (χ0) is 20.2. The Morgan fingerprint density at radius 2 is 1.69 bits per heavy atom. The highest BCUT2D eigenvalue weighted by molar-refractivity contribution is 5.96. The third-order valence-corrected chi connectivity index (χ3v) is 5.87. The molecule has 1 amide bonds. The zero-order valence-corrected chi connectivity index (χ0v) is 17.0. The number of methoxy groups -OCH3 is 1. The first-order valence-electron chi connectivity index (χ1n) is 10.2. The van der Waals surface area contributed by atoms with E-state index in [1.54, 1.807) is 7.11 Å². The van der Waals surface area contributed by atoms with Crippen molar-refractivity contribution in [1.29, 1.82) is 0 Å². The smallest absolute Gasteiger partial charge is 0.282 e. The molecule has 0 bridgehead atoms. The summed E-state index contributed by atoms with van der Waals surface area (Å²) >= 11 is 0. The van der Waals surface area contributed by atoms with Crippen LogP contribution in [0.1, 0.15) is 6.92 Å². The fourth-order valence-corrected chi connectivity index (χ4v) is 3.98. The number of piperazine rings is 1. The van der Waals surface area contributed by atoms with Crippen LogP contribution in [-0.4, -0.2) is 45.2 Å². The second kappa shape index (κ2) is 8.53. The highest BCUT2D eigenvalue weighted by atomic mass is 16.5. The number of rotatable bonds is 5. The highest BCUT2D eigenvalue weighted by Gasteiger charge is 2.29. The van der Waals surface area contributed by atoms with E-state index in [1.165, 1.54) is 16.0 Å². The molecule has 0 saturated carbocycles. The topological polar surface area (TPSA) is 46.0 Å². The molecule has 0 aliphatic carbocycles. The van der Waals surface area contributed by atoms with Crippen LogP contribution in [0, 0.1) is 0 Å². The van der Waals surface area contributed by atoms with Gasteiger partial charge in [-0.15, -0.1) is 0 Å². The number of carbonyl (C=O) groups is 1. The lowest BCUT2D eigenvalue weighted by Crippen LogP contribution is -3.19. The van der Waals surface area contributed by atoms with E-state index in [0.29, 0.717) is 0 Å². The summed E-state index contributed by atoms with van der Waals surface area (Å²) in [6, 6.07) is 22.4. The molecule has 0 aromatic heterocycles. The van der Waals surface area contributed by atoms with E-state index in [1.807, 2.05) is 43.3 Å². The number of nitrogens with one attached hydrogen (secondary N) is 2. The van der Waals surface area contributed by atoms with Gasteiger partial charge in [0.15, 0.2) is 6.04 Å². The molecule has 0 radical (unpaired) electrons. The normalized spacial score (nSPS) is 15.9. The molecule has 5 nitrogen and oxygen atoms in total. The van der Waals surface area contributed by atoms with E-state index >= 15 is 0 Å². The Morgan fingerprint density at radius 1 is 1.00 bits per heavy atom. The van der Waals surface area contributed by atoms with E-state index in [9.17, 15) is 4.79 Å². The quantitative estimate of drug-likeness (QED) is 0.704. The molecule has 0 unspecified atom stereocenters. The molecule has 1 saturated heterocycles. The summed E-state index contributed by atoms with van der Waals surface area (Å²) in [5.41, 5.74) is 2.06. The Morgan fingerprint density at radius 3 is 2.38 bits per heavy atom. The van der Waals surface area contributed by atoms with E-state index in [2.05, 4.69) is 40.5 Å². The number of ether oxygens (including phenoxy) is 1. The number of hydrogen-bond donors (Lipinski definition) is 2. The fourth-order valence-electron chi connectivity index (χ4n) is 3.98. The first kappa shape index (κ1) is 19.3. The lowest BCUT2D eigenvalue weighted by Gasteiger charge is -2.36. The molecule has 1 heterocycles. The standard InChI is InChI=1S/C24H27N3O2/c1-18(24(28)25-21-8-7-19-5-3-4-6-20(19)17-21)26-13-15-27(16-14-26)22-9-11-23(29-2)12-10-22/h3-12,17-18H,13-16H2,1-2H3,(H,25,28)/p+1/t18-/m1/s1. The van der Waals surface area contributed by atoms with E-state index < -0.39 is 0 Å². The summed E-state index contributed by atoms with van der Waals surface area (Å²) in [5.74, 6) is 0.949. The van der Waals surface area contributed by atoms with Crippen LogP contribution in [-0.2, 0) is 4.79 Å². The van der Waals surface area contributed by atoms with Crippen molar-refractivity contribution in [3.8, 4) is 5.75 Å². The predicted molar refractivity (Wildman–Crippen MR) is 118 cm³/mol.